The van der Waals surface area contributed by atoms with Gasteiger partial charge in [0.15, 0.2) is 0 Å². The summed E-state index contributed by atoms with van der Waals surface area (Å²) in [6, 6.07) is 0. The first-order valence-electron chi connectivity index (χ1n) is 5.36. The molecular weight excluding hydrogens is 265 g/mol. The molecular formula is C11H17Cl2NO3. The maximum Gasteiger partial charge on any atom is 0.325 e. The molecule has 1 rings (SSSR count). The first-order valence-corrected chi connectivity index (χ1v) is 6.11. The molecule has 0 radical (unpaired) electrons. The molecule has 0 saturated heterocycles. The van der Waals surface area contributed by atoms with E-state index in [1.165, 1.54) is 0 Å². The summed E-state index contributed by atoms with van der Waals surface area (Å²) in [7, 11) is 0. The first-order chi connectivity index (χ1) is 7.48. The maximum atomic E-state index is 11.7. The normalized spacial score (nSPS) is 26.2. The fourth-order valence-corrected chi connectivity index (χ4v) is 2.08. The van der Waals surface area contributed by atoms with Crippen LogP contribution in [0.1, 0.15) is 34.1 Å². The summed E-state index contributed by atoms with van der Waals surface area (Å²) >= 11 is 11.7. The van der Waals surface area contributed by atoms with Gasteiger partial charge < -0.3 is 10.1 Å². The lowest BCUT2D eigenvalue weighted by atomic mass is 10.1. The Morgan fingerprint density at radius 1 is 1.35 bits per heavy atom. The van der Waals surface area contributed by atoms with Crippen LogP contribution in [0.25, 0.3) is 0 Å². The Bertz CT molecular complexity index is 349. The molecule has 4 nitrogen and oxygen atoms in total. The van der Waals surface area contributed by atoms with Crippen molar-refractivity contribution in [3.63, 3.8) is 0 Å². The van der Waals surface area contributed by atoms with Crippen LogP contribution in [0.15, 0.2) is 0 Å². The molecule has 98 valence electrons. The fraction of sp³-hybridized carbons (Fsp3) is 0.818. The molecule has 6 heteroatoms. The highest BCUT2D eigenvalue weighted by Gasteiger charge is 2.67. The minimum absolute atomic E-state index is 0.171. The summed E-state index contributed by atoms with van der Waals surface area (Å²) in [4.78, 5) is 23.1. The van der Waals surface area contributed by atoms with Gasteiger partial charge in [0.25, 0.3) is 0 Å². The van der Waals surface area contributed by atoms with Crippen molar-refractivity contribution in [1.82, 2.24) is 5.32 Å². The summed E-state index contributed by atoms with van der Waals surface area (Å²) in [5.41, 5.74) is -1.37. The molecule has 1 saturated carbocycles. The van der Waals surface area contributed by atoms with E-state index in [2.05, 4.69) is 5.32 Å². The van der Waals surface area contributed by atoms with Gasteiger partial charge in [-0.25, -0.2) is 0 Å². The standard InChI is InChI=1S/C11H17Cl2NO3/c1-9(2,3)17-7(15)5-14-8(16)10(4)6-11(10,12)13/h5-6H2,1-4H3,(H,14,16). The van der Waals surface area contributed by atoms with Crippen LogP contribution in [0, 0.1) is 5.41 Å². The molecule has 0 aromatic rings. The molecule has 1 amide bonds. The topological polar surface area (TPSA) is 55.4 Å². The molecule has 0 aromatic carbocycles. The lowest BCUT2D eigenvalue weighted by Crippen LogP contribution is -2.39. The van der Waals surface area contributed by atoms with Crippen molar-refractivity contribution in [2.45, 2.75) is 44.1 Å². The number of carbonyl (C=O) groups is 2. The van der Waals surface area contributed by atoms with Crippen LogP contribution >= 0.6 is 23.2 Å². The molecule has 1 aliphatic rings. The Morgan fingerprint density at radius 2 is 1.82 bits per heavy atom. The number of alkyl halides is 2. The van der Waals surface area contributed by atoms with Gasteiger partial charge in [-0.1, -0.05) is 0 Å². The van der Waals surface area contributed by atoms with Gasteiger partial charge in [0, 0.05) is 0 Å². The van der Waals surface area contributed by atoms with Gasteiger partial charge in [0.1, 0.15) is 16.5 Å². The highest BCUT2D eigenvalue weighted by Crippen LogP contribution is 2.63. The Labute approximate surface area is 111 Å². The summed E-state index contributed by atoms with van der Waals surface area (Å²) in [6.45, 7) is 6.78. The summed E-state index contributed by atoms with van der Waals surface area (Å²) in [6.07, 6.45) is 0.392. The second-order valence-corrected chi connectivity index (χ2v) is 6.97. The van der Waals surface area contributed by atoms with Gasteiger partial charge in [0.05, 0.1) is 5.41 Å². The summed E-state index contributed by atoms with van der Waals surface area (Å²) in [5, 5.41) is 2.48. The SMILES string of the molecule is CC(C)(C)OC(=O)CNC(=O)C1(C)CC1(Cl)Cl. The molecule has 1 N–H and O–H groups in total. The second kappa shape index (κ2) is 4.32. The third-order valence-corrected chi connectivity index (χ3v) is 3.67. The van der Waals surface area contributed by atoms with E-state index in [9.17, 15) is 9.59 Å². The Hall–Kier alpha value is -0.480. The zero-order chi connectivity index (χ0) is 13.5. The number of halogens is 2. The molecule has 1 aliphatic carbocycles. The highest BCUT2D eigenvalue weighted by atomic mass is 35.5. The lowest BCUT2D eigenvalue weighted by Gasteiger charge is -2.20. The quantitative estimate of drug-likeness (QED) is 0.636. The van der Waals surface area contributed by atoms with E-state index in [0.717, 1.165) is 0 Å². The zero-order valence-corrected chi connectivity index (χ0v) is 11.9. The van der Waals surface area contributed by atoms with Crippen molar-refractivity contribution in [1.29, 1.82) is 0 Å². The smallest absolute Gasteiger partial charge is 0.325 e. The van der Waals surface area contributed by atoms with Gasteiger partial charge in [-0.05, 0) is 34.1 Å². The van der Waals surface area contributed by atoms with Crippen LogP contribution in [0.2, 0.25) is 0 Å². The zero-order valence-electron chi connectivity index (χ0n) is 10.4. The predicted octanol–water partition coefficient (Wildman–Crippen LogP) is 2.03. The number of hydrogen-bond donors (Lipinski definition) is 1. The van der Waals surface area contributed by atoms with E-state index in [4.69, 9.17) is 27.9 Å². The van der Waals surface area contributed by atoms with E-state index in [0.29, 0.717) is 6.42 Å². The van der Waals surface area contributed by atoms with E-state index in [-0.39, 0.29) is 12.5 Å². The van der Waals surface area contributed by atoms with Crippen molar-refractivity contribution < 1.29 is 14.3 Å². The largest absolute Gasteiger partial charge is 0.459 e. The Balaban J connectivity index is 2.38. The van der Waals surface area contributed by atoms with E-state index in [1.807, 2.05) is 0 Å². The van der Waals surface area contributed by atoms with Gasteiger partial charge in [0.2, 0.25) is 5.91 Å². The number of carbonyl (C=O) groups excluding carboxylic acids is 2. The van der Waals surface area contributed by atoms with E-state index in [1.54, 1.807) is 27.7 Å². The van der Waals surface area contributed by atoms with Crippen LogP contribution < -0.4 is 5.32 Å². The number of ether oxygens (including phenoxy) is 1. The molecule has 0 bridgehead atoms. The average molecular weight is 282 g/mol. The molecule has 17 heavy (non-hydrogen) atoms. The van der Waals surface area contributed by atoms with E-state index < -0.39 is 21.3 Å². The van der Waals surface area contributed by atoms with Crippen molar-refractivity contribution in [2.75, 3.05) is 6.54 Å². The predicted molar refractivity (Wildman–Crippen MR) is 66.0 cm³/mol. The van der Waals surface area contributed by atoms with Crippen molar-refractivity contribution in [2.24, 2.45) is 5.41 Å². The van der Waals surface area contributed by atoms with Crippen LogP contribution in [0.4, 0.5) is 0 Å². The van der Waals surface area contributed by atoms with Crippen molar-refractivity contribution in [3.05, 3.63) is 0 Å². The minimum Gasteiger partial charge on any atom is -0.459 e. The van der Waals surface area contributed by atoms with Crippen LogP contribution in [-0.4, -0.2) is 28.4 Å². The third kappa shape index (κ3) is 3.49. The molecule has 1 unspecified atom stereocenters. The second-order valence-electron chi connectivity index (χ2n) is 5.48. The molecule has 0 heterocycles. The lowest BCUT2D eigenvalue weighted by molar-refractivity contribution is -0.154. The Kier molecular flexibility index (Phi) is 3.71. The fourth-order valence-electron chi connectivity index (χ4n) is 1.37. The molecule has 0 spiro atoms. The van der Waals surface area contributed by atoms with Gasteiger partial charge in [-0.15, -0.1) is 23.2 Å². The van der Waals surface area contributed by atoms with Crippen LogP contribution in [0.3, 0.4) is 0 Å². The monoisotopic (exact) mass is 281 g/mol. The van der Waals surface area contributed by atoms with Gasteiger partial charge in [-0.3, -0.25) is 9.59 Å². The summed E-state index contributed by atoms with van der Waals surface area (Å²) < 4.78 is 4.03. The summed E-state index contributed by atoms with van der Waals surface area (Å²) in [5.74, 6) is -0.807. The molecule has 1 atom stereocenters. The molecule has 0 aromatic heterocycles. The van der Waals surface area contributed by atoms with E-state index >= 15 is 0 Å². The molecule has 1 fully saturated rings. The third-order valence-electron chi connectivity index (χ3n) is 2.57. The number of esters is 1. The number of rotatable bonds is 3. The van der Waals surface area contributed by atoms with Crippen molar-refractivity contribution in [3.8, 4) is 0 Å². The van der Waals surface area contributed by atoms with Crippen molar-refractivity contribution >= 4 is 35.1 Å². The van der Waals surface area contributed by atoms with Gasteiger partial charge >= 0.3 is 5.97 Å². The number of amides is 1. The maximum absolute atomic E-state index is 11.7. The molecule has 0 aliphatic heterocycles. The number of hydrogen-bond acceptors (Lipinski definition) is 3. The van der Waals surface area contributed by atoms with Crippen LogP contribution in [0.5, 0.6) is 0 Å². The Morgan fingerprint density at radius 3 is 2.18 bits per heavy atom. The highest BCUT2D eigenvalue weighted by molar-refractivity contribution is 6.53. The number of nitrogens with one attached hydrogen (secondary N) is 1. The average Bonchev–Trinajstić information content (AvgIpc) is 2.60. The minimum atomic E-state index is -1.02. The first kappa shape index (κ1) is 14.6. The van der Waals surface area contributed by atoms with Gasteiger partial charge in [-0.2, -0.15) is 0 Å². The van der Waals surface area contributed by atoms with Crippen LogP contribution in [-0.2, 0) is 14.3 Å².